The van der Waals surface area contributed by atoms with E-state index in [0.717, 1.165) is 5.52 Å². The first-order valence-electron chi connectivity index (χ1n) is 11.0. The number of ether oxygens (including phenoxy) is 2. The molecule has 3 heterocycles. The summed E-state index contributed by atoms with van der Waals surface area (Å²) < 4.78 is 14.6. The van der Waals surface area contributed by atoms with E-state index in [2.05, 4.69) is 11.6 Å². The Hall–Kier alpha value is -4.33. The van der Waals surface area contributed by atoms with Crippen molar-refractivity contribution in [1.82, 2.24) is 19.0 Å². The number of benzene rings is 2. The summed E-state index contributed by atoms with van der Waals surface area (Å²) >= 11 is 0. The van der Waals surface area contributed by atoms with E-state index in [9.17, 15) is 9.59 Å². The van der Waals surface area contributed by atoms with Gasteiger partial charge < -0.3 is 14.4 Å². The minimum Gasteiger partial charge on any atom is -0.497 e. The molecule has 0 N–H and O–H groups in total. The average molecular weight is 457 g/mol. The van der Waals surface area contributed by atoms with Gasteiger partial charge in [0, 0.05) is 25.4 Å². The van der Waals surface area contributed by atoms with E-state index >= 15 is 0 Å². The van der Waals surface area contributed by atoms with E-state index in [1.165, 1.54) is 6.08 Å². The quantitative estimate of drug-likeness (QED) is 0.411. The molecule has 1 aliphatic heterocycles. The maximum absolute atomic E-state index is 13.6. The zero-order valence-electron chi connectivity index (χ0n) is 18.8. The molecule has 2 aromatic carbocycles. The lowest BCUT2D eigenvalue weighted by atomic mass is 10.2. The number of rotatable bonds is 6. The topological polar surface area (TPSA) is 78.6 Å². The van der Waals surface area contributed by atoms with Gasteiger partial charge in [0.25, 0.3) is 0 Å². The Bertz CT molecular complexity index is 1420. The van der Waals surface area contributed by atoms with Crippen molar-refractivity contribution in [1.29, 1.82) is 0 Å². The Morgan fingerprint density at radius 1 is 1.09 bits per heavy atom. The number of aromatic nitrogens is 3. The normalized spacial score (nSPS) is 15.4. The van der Waals surface area contributed by atoms with Crippen LogP contribution in [0.5, 0.6) is 17.2 Å². The highest BCUT2D eigenvalue weighted by Crippen LogP contribution is 2.28. The summed E-state index contributed by atoms with van der Waals surface area (Å²) in [4.78, 5) is 31.6. The number of fused-ring (bicyclic) bond motifs is 1. The van der Waals surface area contributed by atoms with E-state index in [0.29, 0.717) is 48.0 Å². The summed E-state index contributed by atoms with van der Waals surface area (Å²) in [7, 11) is 1.61. The maximum atomic E-state index is 13.6. The second kappa shape index (κ2) is 8.90. The van der Waals surface area contributed by atoms with Crippen molar-refractivity contribution < 1.29 is 14.3 Å². The van der Waals surface area contributed by atoms with Crippen LogP contribution in [-0.2, 0) is 4.79 Å². The van der Waals surface area contributed by atoms with Crippen LogP contribution in [0, 0.1) is 0 Å². The highest BCUT2D eigenvalue weighted by Gasteiger charge is 2.29. The van der Waals surface area contributed by atoms with Crippen LogP contribution in [0.3, 0.4) is 0 Å². The summed E-state index contributed by atoms with van der Waals surface area (Å²) in [5, 5.41) is 0. The third-order valence-electron chi connectivity index (χ3n) is 6.06. The minimum atomic E-state index is -0.164. The molecule has 0 aliphatic carbocycles. The number of nitrogens with zero attached hydrogens (tertiary/aromatic N) is 4. The van der Waals surface area contributed by atoms with Crippen molar-refractivity contribution in [2.75, 3.05) is 20.2 Å². The summed E-state index contributed by atoms with van der Waals surface area (Å²) in [6, 6.07) is 16.4. The molecule has 0 saturated carbocycles. The Balaban J connectivity index is 1.48. The highest BCUT2D eigenvalue weighted by molar-refractivity contribution is 5.87. The predicted octanol–water partition coefficient (Wildman–Crippen LogP) is 3.95. The first kappa shape index (κ1) is 21.5. The number of hydrogen-bond acceptors (Lipinski definition) is 5. The molecule has 1 saturated heterocycles. The fourth-order valence-corrected chi connectivity index (χ4v) is 4.42. The zero-order valence-corrected chi connectivity index (χ0v) is 18.8. The van der Waals surface area contributed by atoms with Crippen LogP contribution in [0.15, 0.2) is 84.4 Å². The number of methoxy groups -OCH3 is 1. The largest absolute Gasteiger partial charge is 0.497 e. The van der Waals surface area contributed by atoms with E-state index in [4.69, 9.17) is 9.47 Å². The number of amides is 1. The predicted molar refractivity (Wildman–Crippen MR) is 129 cm³/mol. The van der Waals surface area contributed by atoms with Crippen molar-refractivity contribution in [3.8, 4) is 22.9 Å². The van der Waals surface area contributed by atoms with E-state index < -0.39 is 0 Å². The molecule has 2 aromatic heterocycles. The summed E-state index contributed by atoms with van der Waals surface area (Å²) in [5.74, 6) is 1.89. The van der Waals surface area contributed by atoms with Crippen molar-refractivity contribution in [3.05, 3.63) is 90.1 Å². The zero-order chi connectivity index (χ0) is 23.7. The molecule has 0 bridgehead atoms. The summed E-state index contributed by atoms with van der Waals surface area (Å²) in [6.07, 6.45) is 5.38. The minimum absolute atomic E-state index is 0.113. The first-order chi connectivity index (χ1) is 16.6. The fourth-order valence-electron chi connectivity index (χ4n) is 4.42. The van der Waals surface area contributed by atoms with Crippen LogP contribution >= 0.6 is 0 Å². The molecule has 1 fully saturated rings. The van der Waals surface area contributed by atoms with Gasteiger partial charge in [0.1, 0.15) is 17.2 Å². The van der Waals surface area contributed by atoms with Crippen LogP contribution in [-0.4, -0.2) is 45.1 Å². The molecule has 172 valence electrons. The third kappa shape index (κ3) is 3.83. The number of pyridine rings is 1. The second-order valence-electron chi connectivity index (χ2n) is 8.06. The van der Waals surface area contributed by atoms with Gasteiger partial charge in [-0.05, 0) is 55.0 Å². The first-order valence-corrected chi connectivity index (χ1v) is 11.0. The van der Waals surface area contributed by atoms with Crippen LogP contribution in [0.1, 0.15) is 12.5 Å². The van der Waals surface area contributed by atoms with Gasteiger partial charge in [-0.15, -0.1) is 0 Å². The number of imidazole rings is 1. The molecule has 5 rings (SSSR count). The number of carbonyl (C=O) groups excluding carboxylic acids is 1. The van der Waals surface area contributed by atoms with Crippen LogP contribution in [0.4, 0.5) is 0 Å². The fraction of sp³-hybridized carbons (Fsp3) is 0.192. The highest BCUT2D eigenvalue weighted by atomic mass is 16.5. The molecular weight excluding hydrogens is 432 g/mol. The molecule has 1 aliphatic rings. The lowest BCUT2D eigenvalue weighted by Gasteiger charge is -2.15. The molecule has 0 unspecified atom stereocenters. The van der Waals surface area contributed by atoms with Gasteiger partial charge in [-0.3, -0.25) is 18.9 Å². The maximum Gasteiger partial charge on any atom is 0.334 e. The molecule has 4 aromatic rings. The molecule has 0 spiro atoms. The molecule has 1 amide bonds. The number of carbonyl (C=O) groups is 1. The molecule has 34 heavy (non-hydrogen) atoms. The van der Waals surface area contributed by atoms with E-state index in [-0.39, 0.29) is 17.6 Å². The van der Waals surface area contributed by atoms with Gasteiger partial charge in [0.2, 0.25) is 5.91 Å². The molecule has 8 heteroatoms. The van der Waals surface area contributed by atoms with Gasteiger partial charge in [-0.1, -0.05) is 12.6 Å². The molecule has 0 radical (unpaired) electrons. The van der Waals surface area contributed by atoms with Crippen molar-refractivity contribution >= 4 is 16.9 Å². The van der Waals surface area contributed by atoms with Crippen molar-refractivity contribution in [3.63, 3.8) is 0 Å². The lowest BCUT2D eigenvalue weighted by Crippen LogP contribution is -2.31. The smallest absolute Gasteiger partial charge is 0.334 e. The second-order valence-corrected chi connectivity index (χ2v) is 8.06. The number of likely N-dealkylation sites (tertiary alicyclic amines) is 1. The van der Waals surface area contributed by atoms with Crippen molar-refractivity contribution in [2.45, 2.75) is 12.5 Å². The summed E-state index contributed by atoms with van der Waals surface area (Å²) in [6.45, 7) is 4.63. The van der Waals surface area contributed by atoms with E-state index in [1.54, 1.807) is 39.6 Å². The van der Waals surface area contributed by atoms with Gasteiger partial charge in [0.05, 0.1) is 36.1 Å². The SMILES string of the molecule is C=CC(=O)N1CC[C@@H](n2c(=O)n(-c3ccc(Oc4cccc(OC)c4)cc3)c3cnccc32)C1. The Morgan fingerprint density at radius 2 is 1.88 bits per heavy atom. The van der Waals surface area contributed by atoms with Gasteiger partial charge in [-0.25, -0.2) is 4.79 Å². The Morgan fingerprint density at radius 3 is 2.65 bits per heavy atom. The Labute approximate surface area is 196 Å². The molecule has 1 atom stereocenters. The Kier molecular flexibility index (Phi) is 5.63. The summed E-state index contributed by atoms with van der Waals surface area (Å²) in [5.41, 5.74) is 2.04. The van der Waals surface area contributed by atoms with Gasteiger partial charge in [-0.2, -0.15) is 0 Å². The lowest BCUT2D eigenvalue weighted by molar-refractivity contribution is -0.125. The molecular formula is C26H24N4O4. The third-order valence-corrected chi connectivity index (χ3v) is 6.06. The van der Waals surface area contributed by atoms with Crippen LogP contribution in [0.2, 0.25) is 0 Å². The monoisotopic (exact) mass is 456 g/mol. The van der Waals surface area contributed by atoms with Crippen molar-refractivity contribution in [2.24, 2.45) is 0 Å². The van der Waals surface area contributed by atoms with E-state index in [1.807, 2.05) is 48.5 Å². The average Bonchev–Trinajstić information content (AvgIpc) is 3.46. The van der Waals surface area contributed by atoms with Crippen LogP contribution in [0.25, 0.3) is 16.7 Å². The standard InChI is InChI=1S/C26H24N4O4/c1-3-25(31)28-14-12-19(17-28)30-23-11-13-27-16-24(23)29(26(30)32)18-7-9-20(10-8-18)34-22-6-4-5-21(15-22)33-2/h3-11,13,15-16,19H,1,12,14,17H2,2H3/t19-/m1/s1. The number of hydrogen-bond donors (Lipinski definition) is 0. The van der Waals surface area contributed by atoms with Gasteiger partial charge in [0.15, 0.2) is 0 Å². The molecule has 8 nitrogen and oxygen atoms in total. The van der Waals surface area contributed by atoms with Gasteiger partial charge >= 0.3 is 5.69 Å². The van der Waals surface area contributed by atoms with Crippen LogP contribution < -0.4 is 15.2 Å².